The third-order valence-electron chi connectivity index (χ3n) is 2.74. The van der Waals surface area contributed by atoms with Crippen LogP contribution < -0.4 is 9.47 Å². The van der Waals surface area contributed by atoms with Crippen LogP contribution in [0.2, 0.25) is 0 Å². The summed E-state index contributed by atoms with van der Waals surface area (Å²) in [5, 5.41) is 0. The molecule has 0 radical (unpaired) electrons. The first kappa shape index (κ1) is 7.85. The first-order valence-corrected chi connectivity index (χ1v) is 4.79. The SMILES string of the molecule is CC1=NCCc2c1ccc1c2OCO1. The van der Waals surface area contributed by atoms with E-state index in [0.29, 0.717) is 6.79 Å². The summed E-state index contributed by atoms with van der Waals surface area (Å²) in [5.74, 6) is 1.80. The normalized spacial score (nSPS) is 17.6. The Labute approximate surface area is 82.4 Å². The molecule has 0 bridgehead atoms. The first-order chi connectivity index (χ1) is 6.86. The van der Waals surface area contributed by atoms with Gasteiger partial charge >= 0.3 is 0 Å². The second-order valence-corrected chi connectivity index (χ2v) is 3.54. The molecule has 72 valence electrons. The molecule has 14 heavy (non-hydrogen) atoms. The Morgan fingerprint density at radius 2 is 2.21 bits per heavy atom. The van der Waals surface area contributed by atoms with Crippen LogP contribution in [-0.2, 0) is 6.42 Å². The highest BCUT2D eigenvalue weighted by molar-refractivity contribution is 6.01. The van der Waals surface area contributed by atoms with Crippen LogP contribution in [0.3, 0.4) is 0 Å². The third-order valence-corrected chi connectivity index (χ3v) is 2.74. The van der Waals surface area contributed by atoms with E-state index in [1.54, 1.807) is 0 Å². The maximum atomic E-state index is 5.47. The Balaban J connectivity index is 2.24. The van der Waals surface area contributed by atoms with Gasteiger partial charge in [0.05, 0.1) is 0 Å². The van der Waals surface area contributed by atoms with Crippen molar-refractivity contribution in [3.05, 3.63) is 23.3 Å². The molecule has 0 fully saturated rings. The topological polar surface area (TPSA) is 30.8 Å². The number of rotatable bonds is 0. The van der Waals surface area contributed by atoms with Crippen LogP contribution >= 0.6 is 0 Å². The molecule has 2 aliphatic heterocycles. The number of ether oxygens (including phenoxy) is 2. The molecule has 0 N–H and O–H groups in total. The van der Waals surface area contributed by atoms with Gasteiger partial charge in [-0.1, -0.05) is 0 Å². The minimum absolute atomic E-state index is 0.349. The maximum Gasteiger partial charge on any atom is 0.231 e. The van der Waals surface area contributed by atoms with E-state index in [0.717, 1.165) is 30.2 Å². The molecule has 0 spiro atoms. The summed E-state index contributed by atoms with van der Waals surface area (Å²) in [5.41, 5.74) is 3.57. The number of hydrogen-bond acceptors (Lipinski definition) is 3. The van der Waals surface area contributed by atoms with Gasteiger partial charge in [0.25, 0.3) is 0 Å². The number of benzene rings is 1. The Hall–Kier alpha value is -1.51. The van der Waals surface area contributed by atoms with Crippen LogP contribution in [0.25, 0.3) is 0 Å². The summed E-state index contributed by atoms with van der Waals surface area (Å²) in [6, 6.07) is 4.03. The van der Waals surface area contributed by atoms with Gasteiger partial charge in [-0.05, 0) is 25.5 Å². The van der Waals surface area contributed by atoms with Crippen LogP contribution in [-0.4, -0.2) is 19.0 Å². The summed E-state index contributed by atoms with van der Waals surface area (Å²) in [7, 11) is 0. The lowest BCUT2D eigenvalue weighted by Crippen LogP contribution is -2.10. The predicted molar refractivity (Wildman–Crippen MR) is 53.3 cm³/mol. The lowest BCUT2D eigenvalue weighted by atomic mass is 9.97. The van der Waals surface area contributed by atoms with Gasteiger partial charge in [0, 0.05) is 23.4 Å². The molecule has 0 atom stereocenters. The molecule has 0 unspecified atom stereocenters. The van der Waals surface area contributed by atoms with E-state index in [-0.39, 0.29) is 0 Å². The van der Waals surface area contributed by atoms with Gasteiger partial charge in [-0.2, -0.15) is 0 Å². The van der Waals surface area contributed by atoms with Crippen LogP contribution in [0.5, 0.6) is 11.5 Å². The monoisotopic (exact) mass is 189 g/mol. The summed E-state index contributed by atoms with van der Waals surface area (Å²) < 4.78 is 10.8. The fourth-order valence-corrected chi connectivity index (χ4v) is 2.04. The number of aliphatic imine (C=N–C) groups is 1. The number of hydrogen-bond donors (Lipinski definition) is 0. The average Bonchev–Trinajstić information content (AvgIpc) is 2.66. The van der Waals surface area contributed by atoms with Crippen molar-refractivity contribution in [2.75, 3.05) is 13.3 Å². The van der Waals surface area contributed by atoms with E-state index in [2.05, 4.69) is 11.1 Å². The van der Waals surface area contributed by atoms with Crippen molar-refractivity contribution >= 4 is 5.71 Å². The van der Waals surface area contributed by atoms with Gasteiger partial charge in [0.2, 0.25) is 6.79 Å². The minimum Gasteiger partial charge on any atom is -0.454 e. The molecule has 1 aromatic rings. The van der Waals surface area contributed by atoms with Crippen molar-refractivity contribution in [2.45, 2.75) is 13.3 Å². The zero-order valence-electron chi connectivity index (χ0n) is 8.04. The van der Waals surface area contributed by atoms with Gasteiger partial charge in [0.15, 0.2) is 11.5 Å². The molecule has 0 aromatic heterocycles. The molecule has 3 rings (SSSR count). The Morgan fingerprint density at radius 1 is 1.29 bits per heavy atom. The van der Waals surface area contributed by atoms with Gasteiger partial charge in [-0.15, -0.1) is 0 Å². The Kier molecular flexibility index (Phi) is 1.54. The van der Waals surface area contributed by atoms with Crippen LogP contribution in [0.1, 0.15) is 18.1 Å². The highest BCUT2D eigenvalue weighted by atomic mass is 16.7. The predicted octanol–water partition coefficient (Wildman–Crippen LogP) is 1.78. The lowest BCUT2D eigenvalue weighted by Gasteiger charge is -2.15. The highest BCUT2D eigenvalue weighted by Gasteiger charge is 2.22. The Bertz CT molecular complexity index is 424. The molecular formula is C11H11NO2. The fraction of sp³-hybridized carbons (Fsp3) is 0.364. The lowest BCUT2D eigenvalue weighted by molar-refractivity contribution is 0.173. The second-order valence-electron chi connectivity index (χ2n) is 3.54. The van der Waals surface area contributed by atoms with Crippen LogP contribution in [0.15, 0.2) is 17.1 Å². The zero-order valence-corrected chi connectivity index (χ0v) is 8.04. The number of fused-ring (bicyclic) bond motifs is 3. The molecule has 0 saturated carbocycles. The van der Waals surface area contributed by atoms with E-state index in [9.17, 15) is 0 Å². The van der Waals surface area contributed by atoms with Crippen molar-refractivity contribution in [2.24, 2.45) is 4.99 Å². The van der Waals surface area contributed by atoms with Crippen LogP contribution in [0.4, 0.5) is 0 Å². The van der Waals surface area contributed by atoms with E-state index in [4.69, 9.17) is 9.47 Å². The second kappa shape index (κ2) is 2.74. The standard InChI is InChI=1S/C11H11NO2/c1-7-8-2-3-10-11(14-6-13-10)9(8)4-5-12-7/h2-3H,4-6H2,1H3. The molecule has 2 heterocycles. The van der Waals surface area contributed by atoms with E-state index in [1.807, 2.05) is 13.0 Å². The summed E-state index contributed by atoms with van der Waals surface area (Å²) >= 11 is 0. The first-order valence-electron chi connectivity index (χ1n) is 4.79. The zero-order chi connectivity index (χ0) is 9.54. The van der Waals surface area contributed by atoms with Crippen molar-refractivity contribution in [3.63, 3.8) is 0 Å². The summed E-state index contributed by atoms with van der Waals surface area (Å²) in [6.45, 7) is 3.25. The van der Waals surface area contributed by atoms with Crippen molar-refractivity contribution in [1.82, 2.24) is 0 Å². The van der Waals surface area contributed by atoms with Crippen molar-refractivity contribution < 1.29 is 9.47 Å². The van der Waals surface area contributed by atoms with Gasteiger partial charge in [-0.25, -0.2) is 0 Å². The van der Waals surface area contributed by atoms with E-state index >= 15 is 0 Å². The van der Waals surface area contributed by atoms with Gasteiger partial charge in [0.1, 0.15) is 0 Å². The van der Waals surface area contributed by atoms with Crippen molar-refractivity contribution in [3.8, 4) is 11.5 Å². The molecule has 0 amide bonds. The molecule has 1 aromatic carbocycles. The minimum atomic E-state index is 0.349. The summed E-state index contributed by atoms with van der Waals surface area (Å²) in [6.07, 6.45) is 0.958. The van der Waals surface area contributed by atoms with Crippen LogP contribution in [0, 0.1) is 0 Å². The smallest absolute Gasteiger partial charge is 0.231 e. The van der Waals surface area contributed by atoms with Gasteiger partial charge < -0.3 is 9.47 Å². The molecule has 3 heteroatoms. The molecule has 2 aliphatic rings. The third kappa shape index (κ3) is 0.953. The molecule has 0 saturated heterocycles. The maximum absolute atomic E-state index is 5.47. The largest absolute Gasteiger partial charge is 0.454 e. The molecular weight excluding hydrogens is 178 g/mol. The average molecular weight is 189 g/mol. The number of nitrogens with zero attached hydrogens (tertiary/aromatic N) is 1. The summed E-state index contributed by atoms with van der Waals surface area (Å²) in [4.78, 5) is 4.42. The van der Waals surface area contributed by atoms with E-state index < -0.39 is 0 Å². The fourth-order valence-electron chi connectivity index (χ4n) is 2.04. The van der Waals surface area contributed by atoms with Gasteiger partial charge in [-0.3, -0.25) is 4.99 Å². The highest BCUT2D eigenvalue weighted by Crippen LogP contribution is 2.38. The quantitative estimate of drug-likeness (QED) is 0.622. The Morgan fingerprint density at radius 3 is 3.14 bits per heavy atom. The van der Waals surface area contributed by atoms with E-state index in [1.165, 1.54) is 11.1 Å². The molecule has 0 aliphatic carbocycles. The molecule has 3 nitrogen and oxygen atoms in total. The van der Waals surface area contributed by atoms with Crippen molar-refractivity contribution in [1.29, 1.82) is 0 Å².